The summed E-state index contributed by atoms with van der Waals surface area (Å²) in [6, 6.07) is 15.6. The number of benzene rings is 2. The average molecular weight is 325 g/mol. The molecule has 5 nitrogen and oxygen atoms in total. The summed E-state index contributed by atoms with van der Waals surface area (Å²) >= 11 is 0. The highest BCUT2D eigenvalue weighted by atomic mass is 16.6. The lowest BCUT2D eigenvalue weighted by Gasteiger charge is -2.34. The molecule has 0 aliphatic carbocycles. The van der Waals surface area contributed by atoms with Crippen molar-refractivity contribution >= 4 is 5.69 Å². The molecule has 0 aromatic heterocycles. The van der Waals surface area contributed by atoms with Crippen LogP contribution in [-0.4, -0.2) is 40.9 Å². The molecular weight excluding hydrogens is 302 g/mol. The maximum Gasteiger partial charge on any atom is 0.269 e. The Morgan fingerprint density at radius 3 is 1.67 bits per heavy atom. The van der Waals surface area contributed by atoms with Crippen LogP contribution in [0.2, 0.25) is 0 Å². The van der Waals surface area contributed by atoms with Crippen molar-refractivity contribution < 1.29 is 4.92 Å². The molecule has 1 aliphatic heterocycles. The second kappa shape index (κ2) is 7.55. The van der Waals surface area contributed by atoms with Gasteiger partial charge in [0.05, 0.1) is 4.92 Å². The van der Waals surface area contributed by atoms with E-state index in [1.165, 1.54) is 11.1 Å². The van der Waals surface area contributed by atoms with E-state index in [-0.39, 0.29) is 10.6 Å². The lowest BCUT2D eigenvalue weighted by atomic mass is 10.1. The van der Waals surface area contributed by atoms with Crippen LogP contribution in [0.3, 0.4) is 0 Å². The van der Waals surface area contributed by atoms with Gasteiger partial charge in [-0.2, -0.15) is 0 Å². The minimum Gasteiger partial charge on any atom is -0.297 e. The highest BCUT2D eigenvalue weighted by Gasteiger charge is 2.17. The Bertz CT molecular complexity index is 675. The Morgan fingerprint density at radius 2 is 1.25 bits per heavy atom. The molecule has 3 rings (SSSR count). The maximum atomic E-state index is 10.7. The average Bonchev–Trinajstić information content (AvgIpc) is 2.59. The van der Waals surface area contributed by atoms with Crippen molar-refractivity contribution in [1.29, 1.82) is 0 Å². The molecule has 1 fully saturated rings. The van der Waals surface area contributed by atoms with Crippen LogP contribution in [0.5, 0.6) is 0 Å². The first-order chi connectivity index (χ1) is 11.6. The summed E-state index contributed by atoms with van der Waals surface area (Å²) in [5.74, 6) is 0. The first-order valence-corrected chi connectivity index (χ1v) is 8.34. The van der Waals surface area contributed by atoms with Crippen molar-refractivity contribution in [2.45, 2.75) is 20.0 Å². The van der Waals surface area contributed by atoms with Crippen LogP contribution in [0.1, 0.15) is 16.7 Å². The first-order valence-electron chi connectivity index (χ1n) is 8.34. The smallest absolute Gasteiger partial charge is 0.269 e. The molecule has 0 spiro atoms. The second-order valence-corrected chi connectivity index (χ2v) is 6.46. The van der Waals surface area contributed by atoms with Crippen molar-refractivity contribution in [2.24, 2.45) is 0 Å². The van der Waals surface area contributed by atoms with E-state index in [9.17, 15) is 10.1 Å². The van der Waals surface area contributed by atoms with E-state index in [1.54, 1.807) is 12.1 Å². The minimum absolute atomic E-state index is 0.154. The van der Waals surface area contributed by atoms with Crippen LogP contribution in [0.4, 0.5) is 5.69 Å². The van der Waals surface area contributed by atoms with Gasteiger partial charge >= 0.3 is 0 Å². The van der Waals surface area contributed by atoms with Crippen molar-refractivity contribution in [3.63, 3.8) is 0 Å². The summed E-state index contributed by atoms with van der Waals surface area (Å²) in [5, 5.41) is 10.7. The zero-order valence-corrected chi connectivity index (χ0v) is 14.0. The molecule has 0 bridgehead atoms. The van der Waals surface area contributed by atoms with Crippen molar-refractivity contribution in [3.05, 3.63) is 75.3 Å². The molecular formula is C19H23N3O2. The summed E-state index contributed by atoms with van der Waals surface area (Å²) in [7, 11) is 0. The van der Waals surface area contributed by atoms with Gasteiger partial charge in [-0.25, -0.2) is 0 Å². The third kappa shape index (κ3) is 4.40. The van der Waals surface area contributed by atoms with E-state index in [0.29, 0.717) is 0 Å². The van der Waals surface area contributed by atoms with Crippen LogP contribution >= 0.6 is 0 Å². The Kier molecular flexibility index (Phi) is 5.23. The number of nitro groups is 1. The molecule has 2 aromatic carbocycles. The molecule has 0 amide bonds. The number of piperazine rings is 1. The molecule has 5 heteroatoms. The molecule has 24 heavy (non-hydrogen) atoms. The van der Waals surface area contributed by atoms with Gasteiger partial charge in [-0.15, -0.1) is 0 Å². The maximum absolute atomic E-state index is 10.7. The highest BCUT2D eigenvalue weighted by Crippen LogP contribution is 2.15. The van der Waals surface area contributed by atoms with E-state index in [4.69, 9.17) is 0 Å². The van der Waals surface area contributed by atoms with E-state index < -0.39 is 0 Å². The normalized spacial score (nSPS) is 16.2. The topological polar surface area (TPSA) is 49.6 Å². The summed E-state index contributed by atoms with van der Waals surface area (Å²) < 4.78 is 0. The lowest BCUT2D eigenvalue weighted by Crippen LogP contribution is -2.45. The number of hydrogen-bond donors (Lipinski definition) is 0. The van der Waals surface area contributed by atoms with Crippen molar-refractivity contribution in [3.8, 4) is 0 Å². The van der Waals surface area contributed by atoms with Gasteiger partial charge in [-0.05, 0) is 18.1 Å². The van der Waals surface area contributed by atoms with Gasteiger partial charge in [-0.1, -0.05) is 42.0 Å². The molecule has 0 atom stereocenters. The molecule has 2 aromatic rings. The summed E-state index contributed by atoms with van der Waals surface area (Å²) in [6.07, 6.45) is 0. The van der Waals surface area contributed by atoms with E-state index in [2.05, 4.69) is 41.0 Å². The van der Waals surface area contributed by atoms with E-state index >= 15 is 0 Å². The van der Waals surface area contributed by atoms with Crippen LogP contribution in [0.15, 0.2) is 48.5 Å². The van der Waals surface area contributed by atoms with E-state index in [0.717, 1.165) is 44.8 Å². The summed E-state index contributed by atoms with van der Waals surface area (Å²) in [6.45, 7) is 8.15. The molecule has 0 N–H and O–H groups in total. The third-order valence-electron chi connectivity index (χ3n) is 4.55. The van der Waals surface area contributed by atoms with Gasteiger partial charge < -0.3 is 0 Å². The number of hydrogen-bond acceptors (Lipinski definition) is 4. The van der Waals surface area contributed by atoms with Gasteiger partial charge in [0.2, 0.25) is 0 Å². The molecule has 1 heterocycles. The molecule has 0 unspecified atom stereocenters. The Labute approximate surface area is 142 Å². The predicted molar refractivity (Wildman–Crippen MR) is 94.8 cm³/mol. The molecule has 1 aliphatic rings. The fourth-order valence-corrected chi connectivity index (χ4v) is 3.04. The van der Waals surface area contributed by atoms with Crippen LogP contribution in [0, 0.1) is 17.0 Å². The Morgan fingerprint density at radius 1 is 0.833 bits per heavy atom. The Hall–Kier alpha value is -2.24. The number of nitro benzene ring substituents is 1. The zero-order valence-electron chi connectivity index (χ0n) is 14.0. The number of aryl methyl sites for hydroxylation is 1. The quantitative estimate of drug-likeness (QED) is 0.625. The third-order valence-corrected chi connectivity index (χ3v) is 4.55. The second-order valence-electron chi connectivity index (χ2n) is 6.46. The van der Waals surface area contributed by atoms with Gasteiger partial charge in [0.15, 0.2) is 0 Å². The molecule has 126 valence electrons. The monoisotopic (exact) mass is 325 g/mol. The number of non-ortho nitro benzene ring substituents is 1. The molecule has 0 saturated carbocycles. The minimum atomic E-state index is -0.354. The standard InChI is InChI=1S/C19H23N3O2/c1-16-2-4-17(5-3-16)14-20-10-12-21(13-11-20)15-18-6-8-19(9-7-18)22(23)24/h2-9H,10-15H2,1H3. The summed E-state index contributed by atoms with van der Waals surface area (Å²) in [4.78, 5) is 15.2. The van der Waals surface area contributed by atoms with Gasteiger partial charge in [0.25, 0.3) is 5.69 Å². The van der Waals surface area contributed by atoms with Crippen LogP contribution < -0.4 is 0 Å². The fourth-order valence-electron chi connectivity index (χ4n) is 3.04. The number of rotatable bonds is 5. The highest BCUT2D eigenvalue weighted by molar-refractivity contribution is 5.32. The first kappa shape index (κ1) is 16.6. The van der Waals surface area contributed by atoms with Crippen molar-refractivity contribution in [2.75, 3.05) is 26.2 Å². The van der Waals surface area contributed by atoms with Crippen LogP contribution in [-0.2, 0) is 13.1 Å². The number of nitrogens with zero attached hydrogens (tertiary/aromatic N) is 3. The van der Waals surface area contributed by atoms with Gasteiger partial charge in [0, 0.05) is 51.4 Å². The molecule has 0 radical (unpaired) electrons. The fraction of sp³-hybridized carbons (Fsp3) is 0.368. The van der Waals surface area contributed by atoms with Gasteiger partial charge in [0.1, 0.15) is 0 Å². The van der Waals surface area contributed by atoms with Crippen LogP contribution in [0.25, 0.3) is 0 Å². The van der Waals surface area contributed by atoms with Crippen molar-refractivity contribution in [1.82, 2.24) is 9.80 Å². The predicted octanol–water partition coefficient (Wildman–Crippen LogP) is 3.22. The SMILES string of the molecule is Cc1ccc(CN2CCN(Cc3ccc([N+](=O)[O-])cc3)CC2)cc1. The summed E-state index contributed by atoms with van der Waals surface area (Å²) in [5.41, 5.74) is 3.95. The van der Waals surface area contributed by atoms with E-state index in [1.807, 2.05) is 12.1 Å². The zero-order chi connectivity index (χ0) is 16.9. The molecule has 1 saturated heterocycles. The Balaban J connectivity index is 1.48. The largest absolute Gasteiger partial charge is 0.297 e. The van der Waals surface area contributed by atoms with Gasteiger partial charge in [-0.3, -0.25) is 19.9 Å². The lowest BCUT2D eigenvalue weighted by molar-refractivity contribution is -0.384.